The summed E-state index contributed by atoms with van der Waals surface area (Å²) in [5, 5.41) is 4.86. The molecule has 2 N–H and O–H groups in total. The fourth-order valence-electron chi connectivity index (χ4n) is 2.12. The van der Waals surface area contributed by atoms with Crippen LogP contribution in [0.5, 0.6) is 0 Å². The van der Waals surface area contributed by atoms with Crippen LogP contribution in [0.2, 0.25) is 5.02 Å². The molecule has 5 heteroatoms. The highest BCUT2D eigenvalue weighted by Gasteiger charge is 2.24. The highest BCUT2D eigenvalue weighted by Crippen LogP contribution is 2.31. The molecule has 19 heavy (non-hydrogen) atoms. The van der Waals surface area contributed by atoms with Crippen molar-refractivity contribution in [3.8, 4) is 0 Å². The molecule has 0 bridgehead atoms. The van der Waals surface area contributed by atoms with E-state index in [-0.39, 0.29) is 0 Å². The first-order chi connectivity index (χ1) is 8.90. The Labute approximate surface area is 126 Å². The molecule has 0 radical (unpaired) electrons. The van der Waals surface area contributed by atoms with E-state index in [1.54, 1.807) is 6.20 Å². The van der Waals surface area contributed by atoms with Gasteiger partial charge in [0.15, 0.2) is 0 Å². The molecule has 0 saturated heterocycles. The Morgan fingerprint density at radius 1 is 1.42 bits per heavy atom. The van der Waals surface area contributed by atoms with Crippen molar-refractivity contribution in [1.29, 1.82) is 0 Å². The number of benzene rings is 1. The normalized spacial score (nSPS) is 14.4. The predicted molar refractivity (Wildman–Crippen MR) is 82.2 cm³/mol. The summed E-state index contributed by atoms with van der Waals surface area (Å²) in [6, 6.07) is 7.84. The van der Waals surface area contributed by atoms with Gasteiger partial charge in [0, 0.05) is 34.0 Å². The third-order valence-corrected chi connectivity index (χ3v) is 4.18. The summed E-state index contributed by atoms with van der Waals surface area (Å²) in [4.78, 5) is 0. The molecule has 1 unspecified atom stereocenters. The number of aryl methyl sites for hydroxylation is 2. The van der Waals surface area contributed by atoms with Crippen molar-refractivity contribution in [2.24, 2.45) is 12.8 Å². The van der Waals surface area contributed by atoms with Crippen LogP contribution in [0.1, 0.15) is 24.6 Å². The fourth-order valence-corrected chi connectivity index (χ4v) is 3.01. The predicted octanol–water partition coefficient (Wildman–Crippen LogP) is 3.64. The fraction of sp³-hybridized carbons (Fsp3) is 0.357. The molecule has 1 aromatic carbocycles. The highest BCUT2D eigenvalue weighted by molar-refractivity contribution is 9.10. The van der Waals surface area contributed by atoms with E-state index >= 15 is 0 Å². The number of nitrogens with two attached hydrogens (primary N) is 1. The molecule has 2 rings (SSSR count). The smallest absolute Gasteiger partial charge is 0.0492 e. The standard InChI is InChI=1S/C14H17BrClN3/c1-14(17,7-5-11-6-8-18-19(11)2)12-4-3-10(15)9-13(12)16/h3-4,6,8-9H,5,7,17H2,1-2H3. The Kier molecular flexibility index (Phi) is 4.33. The van der Waals surface area contributed by atoms with Gasteiger partial charge in [-0.15, -0.1) is 0 Å². The molecular weight excluding hydrogens is 326 g/mol. The molecule has 0 aliphatic rings. The van der Waals surface area contributed by atoms with Crippen LogP contribution in [-0.4, -0.2) is 9.78 Å². The van der Waals surface area contributed by atoms with Crippen molar-refractivity contribution in [1.82, 2.24) is 9.78 Å². The molecule has 0 saturated carbocycles. The van der Waals surface area contributed by atoms with Gasteiger partial charge in [-0.1, -0.05) is 33.6 Å². The zero-order valence-electron chi connectivity index (χ0n) is 11.0. The minimum absolute atomic E-state index is 0.456. The molecule has 0 aliphatic heterocycles. The summed E-state index contributed by atoms with van der Waals surface area (Å²) in [5.41, 5.74) is 8.11. The number of rotatable bonds is 4. The molecule has 2 aromatic rings. The second-order valence-electron chi connectivity index (χ2n) is 4.99. The van der Waals surface area contributed by atoms with E-state index in [2.05, 4.69) is 21.0 Å². The van der Waals surface area contributed by atoms with E-state index in [0.717, 1.165) is 22.9 Å². The van der Waals surface area contributed by atoms with E-state index in [0.29, 0.717) is 5.02 Å². The average molecular weight is 343 g/mol. The summed E-state index contributed by atoms with van der Waals surface area (Å²) in [6.45, 7) is 2.01. The van der Waals surface area contributed by atoms with Crippen LogP contribution in [0.4, 0.5) is 0 Å². The lowest BCUT2D eigenvalue weighted by molar-refractivity contribution is 0.445. The van der Waals surface area contributed by atoms with Crippen LogP contribution in [0, 0.1) is 0 Å². The van der Waals surface area contributed by atoms with Crippen LogP contribution in [0.25, 0.3) is 0 Å². The van der Waals surface area contributed by atoms with Crippen molar-refractivity contribution in [2.75, 3.05) is 0 Å². The minimum Gasteiger partial charge on any atom is -0.322 e. The largest absolute Gasteiger partial charge is 0.322 e. The van der Waals surface area contributed by atoms with E-state index in [9.17, 15) is 0 Å². The zero-order valence-corrected chi connectivity index (χ0v) is 13.4. The topological polar surface area (TPSA) is 43.8 Å². The second kappa shape index (κ2) is 5.65. The van der Waals surface area contributed by atoms with Gasteiger partial charge in [0.1, 0.15) is 0 Å². The van der Waals surface area contributed by atoms with E-state index in [4.69, 9.17) is 17.3 Å². The Hall–Kier alpha value is -0.840. The first-order valence-corrected chi connectivity index (χ1v) is 7.28. The van der Waals surface area contributed by atoms with Gasteiger partial charge in [-0.3, -0.25) is 4.68 Å². The van der Waals surface area contributed by atoms with Crippen LogP contribution < -0.4 is 5.73 Å². The lowest BCUT2D eigenvalue weighted by atomic mass is 9.88. The molecule has 102 valence electrons. The molecule has 0 amide bonds. The van der Waals surface area contributed by atoms with Crippen LogP contribution in [0.15, 0.2) is 34.9 Å². The number of hydrogen-bond donors (Lipinski definition) is 1. The summed E-state index contributed by atoms with van der Waals surface area (Å²) in [5.74, 6) is 0. The minimum atomic E-state index is -0.456. The van der Waals surface area contributed by atoms with Gasteiger partial charge in [0.05, 0.1) is 0 Å². The molecule has 0 fully saturated rings. The van der Waals surface area contributed by atoms with Gasteiger partial charge >= 0.3 is 0 Å². The first-order valence-electron chi connectivity index (χ1n) is 6.11. The summed E-state index contributed by atoms with van der Waals surface area (Å²) in [6.07, 6.45) is 3.49. The molecule has 1 atom stereocenters. The van der Waals surface area contributed by atoms with Crippen LogP contribution in [0.3, 0.4) is 0 Å². The lowest BCUT2D eigenvalue weighted by Crippen LogP contribution is -2.34. The SMILES string of the molecule is Cn1nccc1CCC(C)(N)c1ccc(Br)cc1Cl. The zero-order chi connectivity index (χ0) is 14.0. The van der Waals surface area contributed by atoms with E-state index < -0.39 is 5.54 Å². The van der Waals surface area contributed by atoms with Crippen molar-refractivity contribution in [3.05, 3.63) is 51.2 Å². The Morgan fingerprint density at radius 3 is 2.74 bits per heavy atom. The maximum atomic E-state index is 6.43. The second-order valence-corrected chi connectivity index (χ2v) is 6.31. The Balaban J connectivity index is 2.15. The Bertz CT molecular complexity index is 578. The maximum Gasteiger partial charge on any atom is 0.0492 e. The van der Waals surface area contributed by atoms with Crippen molar-refractivity contribution in [2.45, 2.75) is 25.3 Å². The molecular formula is C14H17BrClN3. The van der Waals surface area contributed by atoms with Gasteiger partial charge in [0.2, 0.25) is 0 Å². The number of aromatic nitrogens is 2. The van der Waals surface area contributed by atoms with Crippen molar-refractivity contribution >= 4 is 27.5 Å². The molecule has 1 aromatic heterocycles. The molecule has 3 nitrogen and oxygen atoms in total. The monoisotopic (exact) mass is 341 g/mol. The molecule has 0 aliphatic carbocycles. The van der Waals surface area contributed by atoms with Gasteiger partial charge in [-0.05, 0) is 43.5 Å². The van der Waals surface area contributed by atoms with Crippen LogP contribution >= 0.6 is 27.5 Å². The van der Waals surface area contributed by atoms with Crippen LogP contribution in [-0.2, 0) is 19.0 Å². The Morgan fingerprint density at radius 2 is 2.16 bits per heavy atom. The maximum absolute atomic E-state index is 6.43. The number of halogens is 2. The van der Waals surface area contributed by atoms with Crippen molar-refractivity contribution in [3.63, 3.8) is 0 Å². The average Bonchev–Trinajstić information content (AvgIpc) is 2.72. The van der Waals surface area contributed by atoms with Gasteiger partial charge in [0.25, 0.3) is 0 Å². The number of hydrogen-bond acceptors (Lipinski definition) is 2. The van der Waals surface area contributed by atoms with Crippen molar-refractivity contribution < 1.29 is 0 Å². The van der Waals surface area contributed by atoms with Gasteiger partial charge in [-0.25, -0.2) is 0 Å². The van der Waals surface area contributed by atoms with E-state index in [1.807, 2.05) is 42.9 Å². The van der Waals surface area contributed by atoms with Gasteiger partial charge in [-0.2, -0.15) is 5.10 Å². The number of nitrogens with zero attached hydrogens (tertiary/aromatic N) is 2. The summed E-state index contributed by atoms with van der Waals surface area (Å²) < 4.78 is 2.84. The third kappa shape index (κ3) is 3.38. The van der Waals surface area contributed by atoms with E-state index in [1.165, 1.54) is 5.69 Å². The first kappa shape index (κ1) is 14.6. The molecule has 1 heterocycles. The third-order valence-electron chi connectivity index (χ3n) is 3.37. The molecule has 0 spiro atoms. The van der Waals surface area contributed by atoms with Gasteiger partial charge < -0.3 is 5.73 Å². The summed E-state index contributed by atoms with van der Waals surface area (Å²) in [7, 11) is 1.94. The lowest BCUT2D eigenvalue weighted by Gasteiger charge is -2.26. The summed E-state index contributed by atoms with van der Waals surface area (Å²) >= 11 is 9.68. The quantitative estimate of drug-likeness (QED) is 0.922. The highest BCUT2D eigenvalue weighted by atomic mass is 79.9.